The Kier molecular flexibility index (Phi) is 3.85. The number of rotatable bonds is 3. The molecule has 0 atom stereocenters. The first-order valence-electron chi connectivity index (χ1n) is 7.55. The summed E-state index contributed by atoms with van der Waals surface area (Å²) in [6.07, 6.45) is 0. The zero-order chi connectivity index (χ0) is 16.4. The lowest BCUT2D eigenvalue weighted by Gasteiger charge is -2.02. The minimum absolute atomic E-state index is 0.419. The van der Waals surface area contributed by atoms with Crippen LogP contribution in [0.1, 0.15) is 0 Å². The molecule has 0 amide bonds. The highest BCUT2D eigenvalue weighted by Crippen LogP contribution is 2.29. The first-order valence-corrected chi connectivity index (χ1v) is 7.93. The van der Waals surface area contributed by atoms with Gasteiger partial charge in [0.2, 0.25) is 11.8 Å². The van der Waals surface area contributed by atoms with E-state index < -0.39 is 0 Å². The van der Waals surface area contributed by atoms with E-state index in [-0.39, 0.29) is 0 Å². The molecule has 24 heavy (non-hydrogen) atoms. The maximum Gasteiger partial charge on any atom is 0.249 e. The Bertz CT molecular complexity index is 962. The molecule has 116 valence electrons. The molecule has 0 saturated heterocycles. The third-order valence-corrected chi connectivity index (χ3v) is 4.10. The van der Waals surface area contributed by atoms with Gasteiger partial charge in [-0.2, -0.15) is 0 Å². The Hall–Kier alpha value is -2.91. The van der Waals surface area contributed by atoms with Crippen LogP contribution in [0.25, 0.3) is 34.0 Å². The van der Waals surface area contributed by atoms with Crippen molar-refractivity contribution in [3.63, 3.8) is 0 Å². The number of aromatic nitrogens is 2. The third-order valence-electron chi connectivity index (χ3n) is 3.77. The molecular formula is C20H13ClN2O. The van der Waals surface area contributed by atoms with Crippen molar-refractivity contribution >= 4 is 11.6 Å². The normalized spacial score (nSPS) is 10.7. The van der Waals surface area contributed by atoms with E-state index in [0.29, 0.717) is 16.8 Å². The highest BCUT2D eigenvalue weighted by Gasteiger charge is 2.12. The zero-order valence-electron chi connectivity index (χ0n) is 12.7. The van der Waals surface area contributed by atoms with Crippen molar-refractivity contribution in [1.82, 2.24) is 10.2 Å². The van der Waals surface area contributed by atoms with Gasteiger partial charge in [-0.25, -0.2) is 0 Å². The fourth-order valence-corrected chi connectivity index (χ4v) is 2.74. The van der Waals surface area contributed by atoms with Crippen LogP contribution >= 0.6 is 11.6 Å². The van der Waals surface area contributed by atoms with Gasteiger partial charge < -0.3 is 4.42 Å². The molecule has 0 fully saturated rings. The van der Waals surface area contributed by atoms with E-state index in [9.17, 15) is 0 Å². The van der Waals surface area contributed by atoms with Crippen LogP contribution in [0.5, 0.6) is 0 Å². The van der Waals surface area contributed by atoms with Gasteiger partial charge in [-0.1, -0.05) is 66.2 Å². The number of hydrogen-bond donors (Lipinski definition) is 0. The van der Waals surface area contributed by atoms with Crippen molar-refractivity contribution in [2.75, 3.05) is 0 Å². The van der Waals surface area contributed by atoms with Crippen LogP contribution in [0.2, 0.25) is 5.02 Å². The summed E-state index contributed by atoms with van der Waals surface area (Å²) in [6, 6.07) is 25.7. The van der Waals surface area contributed by atoms with Crippen LogP contribution in [0, 0.1) is 0 Å². The van der Waals surface area contributed by atoms with Crippen LogP contribution in [-0.4, -0.2) is 10.2 Å². The predicted octanol–water partition coefficient (Wildman–Crippen LogP) is 5.72. The first kappa shape index (κ1) is 14.7. The Labute approximate surface area is 144 Å². The van der Waals surface area contributed by atoms with E-state index in [1.54, 1.807) is 6.07 Å². The van der Waals surface area contributed by atoms with Crippen LogP contribution in [0.15, 0.2) is 83.3 Å². The second-order valence-corrected chi connectivity index (χ2v) is 5.74. The van der Waals surface area contributed by atoms with E-state index in [2.05, 4.69) is 22.3 Å². The predicted molar refractivity (Wildman–Crippen MR) is 95.6 cm³/mol. The molecule has 1 aromatic heterocycles. The molecule has 1 heterocycles. The first-order chi connectivity index (χ1) is 11.8. The smallest absolute Gasteiger partial charge is 0.249 e. The van der Waals surface area contributed by atoms with Gasteiger partial charge >= 0.3 is 0 Å². The molecule has 3 aromatic carbocycles. The van der Waals surface area contributed by atoms with Crippen LogP contribution in [0.4, 0.5) is 0 Å². The van der Waals surface area contributed by atoms with Crippen molar-refractivity contribution in [2.24, 2.45) is 0 Å². The van der Waals surface area contributed by atoms with E-state index in [1.165, 1.54) is 5.56 Å². The summed E-state index contributed by atoms with van der Waals surface area (Å²) >= 11 is 6.17. The van der Waals surface area contributed by atoms with Gasteiger partial charge in [-0.05, 0) is 35.4 Å². The third kappa shape index (κ3) is 2.82. The van der Waals surface area contributed by atoms with E-state index in [4.69, 9.17) is 16.0 Å². The lowest BCUT2D eigenvalue weighted by Crippen LogP contribution is -1.80. The molecule has 0 aliphatic carbocycles. The van der Waals surface area contributed by atoms with Crippen molar-refractivity contribution in [1.29, 1.82) is 0 Å². The molecule has 0 aliphatic heterocycles. The summed E-state index contributed by atoms with van der Waals surface area (Å²) in [5.74, 6) is 0.896. The summed E-state index contributed by atoms with van der Waals surface area (Å²) in [4.78, 5) is 0. The van der Waals surface area contributed by atoms with Crippen molar-refractivity contribution in [3.05, 3.63) is 83.9 Å². The van der Waals surface area contributed by atoms with Crippen LogP contribution < -0.4 is 0 Å². The minimum atomic E-state index is 0.419. The molecule has 4 aromatic rings. The molecule has 0 radical (unpaired) electrons. The molecule has 0 N–H and O–H groups in total. The standard InChI is InChI=1S/C20H13ClN2O/c21-18-9-5-4-8-17(18)20-23-22-19(24-20)16-12-10-15(11-13-16)14-6-2-1-3-7-14/h1-13H. The van der Waals surface area contributed by atoms with Gasteiger partial charge in [0.25, 0.3) is 0 Å². The second-order valence-electron chi connectivity index (χ2n) is 5.34. The number of halogens is 1. The van der Waals surface area contributed by atoms with Gasteiger partial charge in [0.05, 0.1) is 10.6 Å². The minimum Gasteiger partial charge on any atom is -0.416 e. The van der Waals surface area contributed by atoms with Crippen LogP contribution in [0.3, 0.4) is 0 Å². The fourth-order valence-electron chi connectivity index (χ4n) is 2.52. The van der Waals surface area contributed by atoms with E-state index >= 15 is 0 Å². The average molecular weight is 333 g/mol. The molecule has 0 bridgehead atoms. The van der Waals surface area contributed by atoms with Crippen molar-refractivity contribution in [3.8, 4) is 34.0 Å². The summed E-state index contributed by atoms with van der Waals surface area (Å²) in [6.45, 7) is 0. The summed E-state index contributed by atoms with van der Waals surface area (Å²) in [7, 11) is 0. The highest BCUT2D eigenvalue weighted by molar-refractivity contribution is 6.33. The van der Waals surface area contributed by atoms with Gasteiger partial charge in [-0.3, -0.25) is 0 Å². The fraction of sp³-hybridized carbons (Fsp3) is 0. The molecule has 4 heteroatoms. The van der Waals surface area contributed by atoms with E-state index in [1.807, 2.05) is 60.7 Å². The quantitative estimate of drug-likeness (QED) is 0.481. The SMILES string of the molecule is Clc1ccccc1-c1nnc(-c2ccc(-c3ccccc3)cc2)o1. The van der Waals surface area contributed by atoms with Gasteiger partial charge in [-0.15, -0.1) is 10.2 Å². The molecule has 4 rings (SSSR count). The Balaban J connectivity index is 1.65. The Morgan fingerprint density at radius 3 is 1.92 bits per heavy atom. The van der Waals surface area contributed by atoms with E-state index in [0.717, 1.165) is 16.7 Å². The maximum atomic E-state index is 6.17. The van der Waals surface area contributed by atoms with Gasteiger partial charge in [0.1, 0.15) is 0 Å². The monoisotopic (exact) mass is 332 g/mol. The largest absolute Gasteiger partial charge is 0.416 e. The summed E-state index contributed by atoms with van der Waals surface area (Å²) in [5, 5.41) is 8.82. The Morgan fingerprint density at radius 1 is 0.583 bits per heavy atom. The number of benzene rings is 3. The lowest BCUT2D eigenvalue weighted by atomic mass is 10.0. The average Bonchev–Trinajstić information content (AvgIpc) is 3.13. The molecular weight excluding hydrogens is 320 g/mol. The molecule has 0 spiro atoms. The van der Waals surface area contributed by atoms with Crippen molar-refractivity contribution in [2.45, 2.75) is 0 Å². The molecule has 0 aliphatic rings. The molecule has 0 saturated carbocycles. The topological polar surface area (TPSA) is 38.9 Å². The second kappa shape index (κ2) is 6.30. The number of nitrogens with zero attached hydrogens (tertiary/aromatic N) is 2. The zero-order valence-corrected chi connectivity index (χ0v) is 13.4. The number of hydrogen-bond acceptors (Lipinski definition) is 3. The van der Waals surface area contributed by atoms with Crippen molar-refractivity contribution < 1.29 is 4.42 Å². The molecule has 3 nitrogen and oxygen atoms in total. The highest BCUT2D eigenvalue weighted by atomic mass is 35.5. The van der Waals surface area contributed by atoms with Crippen LogP contribution in [-0.2, 0) is 0 Å². The molecule has 0 unspecified atom stereocenters. The lowest BCUT2D eigenvalue weighted by molar-refractivity contribution is 0.584. The summed E-state index contributed by atoms with van der Waals surface area (Å²) < 4.78 is 5.78. The van der Waals surface area contributed by atoms with Gasteiger partial charge in [0, 0.05) is 5.56 Å². The maximum absolute atomic E-state index is 6.17. The Morgan fingerprint density at radius 2 is 1.17 bits per heavy atom. The van der Waals surface area contributed by atoms with Gasteiger partial charge in [0.15, 0.2) is 0 Å². The summed E-state index contributed by atoms with van der Waals surface area (Å²) in [5.41, 5.74) is 3.93.